The average molecular weight is 214 g/mol. The molecule has 0 aromatic carbocycles. The van der Waals surface area contributed by atoms with Gasteiger partial charge in [0.25, 0.3) is 0 Å². The largest absolute Gasteiger partial charge is 0.360 e. The van der Waals surface area contributed by atoms with E-state index in [9.17, 15) is 0 Å². The Hall–Kier alpha value is -0.680. The summed E-state index contributed by atoms with van der Waals surface area (Å²) in [6.07, 6.45) is 5.09. The molecule has 0 radical (unpaired) electrons. The maximum atomic E-state index is 5.56. The topological polar surface area (TPSA) is 63.8 Å². The molecule has 1 unspecified atom stereocenters. The summed E-state index contributed by atoms with van der Waals surface area (Å²) in [5, 5.41) is 4.19. The van der Waals surface area contributed by atoms with E-state index >= 15 is 0 Å². The first-order valence-electron chi connectivity index (χ1n) is 5.07. The van der Waals surface area contributed by atoms with Gasteiger partial charge in [0, 0.05) is 18.1 Å². The molecule has 1 aromatic rings. The quantitative estimate of drug-likeness (QED) is 0.725. The van der Waals surface area contributed by atoms with Crippen molar-refractivity contribution in [2.45, 2.75) is 26.2 Å². The molecule has 0 aliphatic carbocycles. The van der Waals surface area contributed by atoms with E-state index in [0.29, 0.717) is 5.92 Å². The monoisotopic (exact) mass is 214 g/mol. The molecule has 0 aliphatic rings. The third kappa shape index (κ3) is 4.02. The Morgan fingerprint density at radius 2 is 2.43 bits per heavy atom. The van der Waals surface area contributed by atoms with Crippen LogP contribution in [0.25, 0.3) is 0 Å². The highest BCUT2D eigenvalue weighted by Gasteiger charge is 2.07. The second kappa shape index (κ2) is 6.73. The highest BCUT2D eigenvalue weighted by molar-refractivity contribution is 7.09. The van der Waals surface area contributed by atoms with Crippen molar-refractivity contribution >= 4 is 16.7 Å². The first-order valence-corrected chi connectivity index (χ1v) is 5.84. The van der Waals surface area contributed by atoms with Gasteiger partial charge < -0.3 is 11.1 Å². The van der Waals surface area contributed by atoms with Gasteiger partial charge in [0.2, 0.25) is 5.13 Å². The summed E-state index contributed by atoms with van der Waals surface area (Å²) in [5.41, 5.74) is 5.56. The van der Waals surface area contributed by atoms with E-state index in [1.165, 1.54) is 24.4 Å². The zero-order valence-corrected chi connectivity index (χ0v) is 9.39. The lowest BCUT2D eigenvalue weighted by molar-refractivity contribution is 0.473. The second-order valence-corrected chi connectivity index (χ2v) is 4.14. The molecule has 4 nitrogen and oxygen atoms in total. The van der Waals surface area contributed by atoms with E-state index in [1.54, 1.807) is 6.33 Å². The predicted molar refractivity (Wildman–Crippen MR) is 60.5 cm³/mol. The van der Waals surface area contributed by atoms with E-state index in [4.69, 9.17) is 5.73 Å². The highest BCUT2D eigenvalue weighted by atomic mass is 32.1. The number of rotatable bonds is 7. The summed E-state index contributed by atoms with van der Waals surface area (Å²) >= 11 is 1.40. The van der Waals surface area contributed by atoms with Crippen molar-refractivity contribution in [3.05, 3.63) is 6.33 Å². The summed E-state index contributed by atoms with van der Waals surface area (Å²) in [4.78, 5) is 4.07. The van der Waals surface area contributed by atoms with Crippen LogP contribution in [0.15, 0.2) is 6.33 Å². The molecule has 1 atom stereocenters. The SMILES string of the molecule is CCCC(CCN)CNc1ncns1. The molecule has 0 fully saturated rings. The van der Waals surface area contributed by atoms with Crippen LogP contribution in [-0.2, 0) is 0 Å². The number of nitrogens with zero attached hydrogens (tertiary/aromatic N) is 2. The predicted octanol–water partition coefficient (Wildman–Crippen LogP) is 1.72. The molecule has 0 bridgehead atoms. The van der Waals surface area contributed by atoms with Crippen LogP contribution in [0.3, 0.4) is 0 Å². The minimum Gasteiger partial charge on any atom is -0.360 e. The van der Waals surface area contributed by atoms with Gasteiger partial charge in [-0.1, -0.05) is 13.3 Å². The summed E-state index contributed by atoms with van der Waals surface area (Å²) < 4.78 is 3.94. The van der Waals surface area contributed by atoms with E-state index in [2.05, 4.69) is 21.6 Å². The average Bonchev–Trinajstić information content (AvgIpc) is 2.67. The van der Waals surface area contributed by atoms with Crippen molar-refractivity contribution in [3.63, 3.8) is 0 Å². The van der Waals surface area contributed by atoms with Crippen molar-refractivity contribution in [1.29, 1.82) is 0 Å². The zero-order valence-electron chi connectivity index (χ0n) is 8.57. The zero-order chi connectivity index (χ0) is 10.2. The number of nitrogens with one attached hydrogen (secondary N) is 1. The van der Waals surface area contributed by atoms with Gasteiger partial charge in [0.1, 0.15) is 6.33 Å². The Labute approximate surface area is 89.1 Å². The van der Waals surface area contributed by atoms with E-state index in [1.807, 2.05) is 0 Å². The fourth-order valence-electron chi connectivity index (χ4n) is 1.48. The van der Waals surface area contributed by atoms with Gasteiger partial charge in [-0.15, -0.1) is 0 Å². The minimum absolute atomic E-state index is 0.661. The fraction of sp³-hybridized carbons (Fsp3) is 0.778. The lowest BCUT2D eigenvalue weighted by atomic mass is 10.00. The molecule has 3 N–H and O–H groups in total. The summed E-state index contributed by atoms with van der Waals surface area (Å²) in [7, 11) is 0. The maximum absolute atomic E-state index is 5.56. The summed E-state index contributed by atoms with van der Waals surface area (Å²) in [5.74, 6) is 0.661. The lowest BCUT2D eigenvalue weighted by Gasteiger charge is -2.14. The van der Waals surface area contributed by atoms with Crippen LogP contribution in [-0.4, -0.2) is 22.4 Å². The van der Waals surface area contributed by atoms with Gasteiger partial charge in [0.15, 0.2) is 0 Å². The Bertz CT molecular complexity index is 219. The van der Waals surface area contributed by atoms with Crippen LogP contribution in [0.5, 0.6) is 0 Å². The smallest absolute Gasteiger partial charge is 0.202 e. The van der Waals surface area contributed by atoms with Crippen LogP contribution in [0, 0.1) is 5.92 Å². The van der Waals surface area contributed by atoms with Crippen LogP contribution < -0.4 is 11.1 Å². The van der Waals surface area contributed by atoms with Crippen molar-refractivity contribution in [3.8, 4) is 0 Å². The van der Waals surface area contributed by atoms with Gasteiger partial charge in [0.05, 0.1) is 0 Å². The molecular weight excluding hydrogens is 196 g/mol. The van der Waals surface area contributed by atoms with Crippen LogP contribution in [0.2, 0.25) is 0 Å². The number of nitrogens with two attached hydrogens (primary N) is 1. The molecule has 80 valence electrons. The Balaban J connectivity index is 2.25. The van der Waals surface area contributed by atoms with Gasteiger partial charge in [-0.3, -0.25) is 0 Å². The minimum atomic E-state index is 0.661. The lowest BCUT2D eigenvalue weighted by Crippen LogP contribution is -2.17. The molecule has 0 saturated carbocycles. The van der Waals surface area contributed by atoms with Gasteiger partial charge >= 0.3 is 0 Å². The van der Waals surface area contributed by atoms with Crippen molar-refractivity contribution in [2.75, 3.05) is 18.4 Å². The third-order valence-electron chi connectivity index (χ3n) is 2.18. The van der Waals surface area contributed by atoms with Crippen LogP contribution in [0.1, 0.15) is 26.2 Å². The molecule has 0 aliphatic heterocycles. The highest BCUT2D eigenvalue weighted by Crippen LogP contribution is 2.13. The van der Waals surface area contributed by atoms with Crippen LogP contribution >= 0.6 is 11.5 Å². The number of hydrogen-bond donors (Lipinski definition) is 2. The first-order chi connectivity index (χ1) is 6.86. The third-order valence-corrected chi connectivity index (χ3v) is 2.80. The Morgan fingerprint density at radius 1 is 1.57 bits per heavy atom. The molecule has 5 heteroatoms. The number of aromatic nitrogens is 2. The summed E-state index contributed by atoms with van der Waals surface area (Å²) in [6, 6.07) is 0. The van der Waals surface area contributed by atoms with Gasteiger partial charge in [-0.05, 0) is 25.3 Å². The molecule has 0 spiro atoms. The molecule has 0 amide bonds. The molecular formula is C9H18N4S. The van der Waals surface area contributed by atoms with Crippen LogP contribution in [0.4, 0.5) is 5.13 Å². The standard InChI is InChI=1S/C9H18N4S/c1-2-3-8(4-5-10)6-11-9-12-7-13-14-9/h7-8H,2-6,10H2,1H3,(H,11,12,13). The number of hydrogen-bond acceptors (Lipinski definition) is 5. The van der Waals surface area contributed by atoms with Crippen molar-refractivity contribution in [1.82, 2.24) is 9.36 Å². The first kappa shape index (κ1) is 11.4. The normalized spacial score (nSPS) is 12.7. The molecule has 0 saturated heterocycles. The fourth-order valence-corrected chi connectivity index (χ4v) is 1.91. The Kier molecular flexibility index (Phi) is 5.47. The molecule has 1 aromatic heterocycles. The molecule has 1 heterocycles. The van der Waals surface area contributed by atoms with E-state index in [-0.39, 0.29) is 0 Å². The van der Waals surface area contributed by atoms with Crippen molar-refractivity contribution < 1.29 is 0 Å². The Morgan fingerprint density at radius 3 is 3.00 bits per heavy atom. The summed E-state index contributed by atoms with van der Waals surface area (Å²) in [6.45, 7) is 3.93. The molecule has 14 heavy (non-hydrogen) atoms. The molecule has 1 rings (SSSR count). The van der Waals surface area contributed by atoms with E-state index in [0.717, 1.165) is 24.6 Å². The van der Waals surface area contributed by atoms with Gasteiger partial charge in [-0.25, -0.2) is 4.98 Å². The van der Waals surface area contributed by atoms with E-state index < -0.39 is 0 Å². The van der Waals surface area contributed by atoms with Crippen molar-refractivity contribution in [2.24, 2.45) is 11.7 Å². The maximum Gasteiger partial charge on any atom is 0.202 e. The van der Waals surface area contributed by atoms with Gasteiger partial charge in [-0.2, -0.15) is 4.37 Å². The number of anilines is 1. The second-order valence-electron chi connectivity index (χ2n) is 3.36.